The molecule has 0 radical (unpaired) electrons. The first kappa shape index (κ1) is 14.5. The van der Waals surface area contributed by atoms with Crippen molar-refractivity contribution in [3.8, 4) is 0 Å². The molecule has 18 heavy (non-hydrogen) atoms. The van der Waals surface area contributed by atoms with Gasteiger partial charge in [-0.1, -0.05) is 26.3 Å². The van der Waals surface area contributed by atoms with Crippen LogP contribution in [0.5, 0.6) is 0 Å². The first-order valence-corrected chi connectivity index (χ1v) is 6.70. The standard InChI is InChI=1S/C12H18N2O3S/c1-3-8(2)10(11(15)16)14-12(17)13-7-9-5-4-6-18-9/h4-6,8,10H,3,7H2,1-2H3,(H,15,16)(H2,13,14,17)/p-1/t8-,10+/m1/s1. The number of amides is 2. The Hall–Kier alpha value is -1.56. The van der Waals surface area contributed by atoms with Crippen LogP contribution in [0.15, 0.2) is 17.5 Å². The van der Waals surface area contributed by atoms with Crippen molar-refractivity contribution in [3.63, 3.8) is 0 Å². The quantitative estimate of drug-likeness (QED) is 0.798. The van der Waals surface area contributed by atoms with Crippen LogP contribution in [0, 0.1) is 5.92 Å². The van der Waals surface area contributed by atoms with Gasteiger partial charge in [-0.15, -0.1) is 11.3 Å². The van der Waals surface area contributed by atoms with Crippen LogP contribution in [0.4, 0.5) is 4.79 Å². The van der Waals surface area contributed by atoms with E-state index in [-0.39, 0.29) is 5.92 Å². The molecule has 1 rings (SSSR count). The van der Waals surface area contributed by atoms with Gasteiger partial charge in [-0.05, 0) is 17.4 Å². The highest BCUT2D eigenvalue weighted by atomic mass is 32.1. The van der Waals surface area contributed by atoms with Crippen molar-refractivity contribution in [2.45, 2.75) is 32.9 Å². The molecule has 100 valence electrons. The van der Waals surface area contributed by atoms with Crippen molar-refractivity contribution in [2.75, 3.05) is 0 Å². The molecule has 2 amide bonds. The summed E-state index contributed by atoms with van der Waals surface area (Å²) in [5, 5.41) is 17.9. The molecule has 0 fully saturated rings. The summed E-state index contributed by atoms with van der Waals surface area (Å²) >= 11 is 1.53. The van der Waals surface area contributed by atoms with E-state index in [0.717, 1.165) is 4.88 Å². The molecule has 2 N–H and O–H groups in total. The molecular formula is C12H17N2O3S-. The predicted octanol–water partition coefficient (Wildman–Crippen LogP) is 0.712. The topological polar surface area (TPSA) is 81.3 Å². The molecule has 0 saturated carbocycles. The maximum Gasteiger partial charge on any atom is 0.315 e. The molecule has 0 aliphatic rings. The zero-order valence-corrected chi connectivity index (χ0v) is 11.3. The number of rotatable bonds is 6. The summed E-state index contributed by atoms with van der Waals surface area (Å²) in [5.74, 6) is -1.42. The molecule has 1 aromatic heterocycles. The Morgan fingerprint density at radius 2 is 2.22 bits per heavy atom. The van der Waals surface area contributed by atoms with Gasteiger partial charge in [-0.2, -0.15) is 0 Å². The van der Waals surface area contributed by atoms with Crippen LogP contribution in [0.25, 0.3) is 0 Å². The molecule has 1 heterocycles. The fraction of sp³-hybridized carbons (Fsp3) is 0.500. The van der Waals surface area contributed by atoms with Gasteiger partial charge in [0.2, 0.25) is 0 Å². The van der Waals surface area contributed by atoms with E-state index in [0.29, 0.717) is 13.0 Å². The van der Waals surface area contributed by atoms with E-state index >= 15 is 0 Å². The minimum absolute atomic E-state index is 0.164. The smallest absolute Gasteiger partial charge is 0.315 e. The summed E-state index contributed by atoms with van der Waals surface area (Å²) in [6, 6.07) is 2.34. The fourth-order valence-electron chi connectivity index (χ4n) is 1.44. The van der Waals surface area contributed by atoms with E-state index < -0.39 is 18.0 Å². The Labute approximate surface area is 110 Å². The molecule has 0 aromatic carbocycles. The third-order valence-electron chi connectivity index (χ3n) is 2.76. The average molecular weight is 269 g/mol. The minimum Gasteiger partial charge on any atom is -0.548 e. The number of hydrogen-bond donors (Lipinski definition) is 2. The largest absolute Gasteiger partial charge is 0.548 e. The molecular weight excluding hydrogens is 252 g/mol. The molecule has 0 spiro atoms. The highest BCUT2D eigenvalue weighted by molar-refractivity contribution is 7.09. The number of carboxylic acids is 1. The summed E-state index contributed by atoms with van der Waals surface area (Å²) < 4.78 is 0. The first-order valence-electron chi connectivity index (χ1n) is 5.82. The summed E-state index contributed by atoms with van der Waals surface area (Å²) in [6.07, 6.45) is 0.657. The van der Waals surface area contributed by atoms with Gasteiger partial charge in [0.25, 0.3) is 0 Å². The SMILES string of the molecule is CC[C@@H](C)[C@H](NC(=O)NCc1cccs1)C(=O)[O-]. The van der Waals surface area contributed by atoms with Crippen molar-refractivity contribution in [1.82, 2.24) is 10.6 Å². The van der Waals surface area contributed by atoms with Crippen molar-refractivity contribution in [1.29, 1.82) is 0 Å². The molecule has 1 aromatic rings. The monoisotopic (exact) mass is 269 g/mol. The maximum absolute atomic E-state index is 11.6. The van der Waals surface area contributed by atoms with Gasteiger partial charge in [-0.25, -0.2) is 4.79 Å². The lowest BCUT2D eigenvalue weighted by molar-refractivity contribution is -0.309. The Kier molecular flexibility index (Phi) is 5.64. The fourth-order valence-corrected chi connectivity index (χ4v) is 2.09. The number of carboxylic acid groups (broad SMARTS) is 1. The van der Waals surface area contributed by atoms with Crippen LogP contribution in [0.3, 0.4) is 0 Å². The lowest BCUT2D eigenvalue weighted by Crippen LogP contribution is -2.53. The van der Waals surface area contributed by atoms with Gasteiger partial charge in [0, 0.05) is 4.88 Å². The van der Waals surface area contributed by atoms with Crippen LogP contribution in [-0.4, -0.2) is 18.0 Å². The maximum atomic E-state index is 11.6. The Balaban J connectivity index is 2.44. The Morgan fingerprint density at radius 3 is 2.72 bits per heavy atom. The molecule has 2 atom stereocenters. The van der Waals surface area contributed by atoms with Crippen LogP contribution in [0.2, 0.25) is 0 Å². The number of nitrogens with one attached hydrogen (secondary N) is 2. The van der Waals surface area contributed by atoms with E-state index in [1.807, 2.05) is 24.4 Å². The predicted molar refractivity (Wildman–Crippen MR) is 67.9 cm³/mol. The van der Waals surface area contributed by atoms with Crippen LogP contribution < -0.4 is 15.7 Å². The number of hydrogen-bond acceptors (Lipinski definition) is 4. The zero-order valence-electron chi connectivity index (χ0n) is 10.4. The average Bonchev–Trinajstić information content (AvgIpc) is 2.85. The van der Waals surface area contributed by atoms with Crippen molar-refractivity contribution < 1.29 is 14.7 Å². The summed E-state index contributed by atoms with van der Waals surface area (Å²) in [5.41, 5.74) is 0. The first-order chi connectivity index (χ1) is 8.54. The second kappa shape index (κ2) is 7.00. The van der Waals surface area contributed by atoms with Gasteiger partial charge in [0.05, 0.1) is 18.6 Å². The number of carbonyl (C=O) groups is 2. The van der Waals surface area contributed by atoms with Gasteiger partial charge < -0.3 is 20.5 Å². The van der Waals surface area contributed by atoms with Crippen LogP contribution >= 0.6 is 11.3 Å². The molecule has 0 unspecified atom stereocenters. The second-order valence-corrected chi connectivity index (χ2v) is 5.12. The summed E-state index contributed by atoms with van der Waals surface area (Å²) in [7, 11) is 0. The number of urea groups is 1. The number of aliphatic carboxylic acids is 1. The third kappa shape index (κ3) is 4.37. The number of thiophene rings is 1. The van der Waals surface area contributed by atoms with Crippen molar-refractivity contribution in [2.24, 2.45) is 5.92 Å². The highest BCUT2D eigenvalue weighted by Gasteiger charge is 2.19. The van der Waals surface area contributed by atoms with E-state index in [1.54, 1.807) is 6.92 Å². The minimum atomic E-state index is -1.25. The molecule has 0 aliphatic carbocycles. The van der Waals surface area contributed by atoms with E-state index in [4.69, 9.17) is 0 Å². The van der Waals surface area contributed by atoms with Crippen LogP contribution in [-0.2, 0) is 11.3 Å². The third-order valence-corrected chi connectivity index (χ3v) is 3.63. The highest BCUT2D eigenvalue weighted by Crippen LogP contribution is 2.08. The van der Waals surface area contributed by atoms with Gasteiger partial charge in [0.15, 0.2) is 0 Å². The number of carbonyl (C=O) groups excluding carboxylic acids is 2. The lowest BCUT2D eigenvalue weighted by Gasteiger charge is -2.25. The molecule has 0 saturated heterocycles. The lowest BCUT2D eigenvalue weighted by atomic mass is 9.99. The van der Waals surface area contributed by atoms with E-state index in [1.165, 1.54) is 11.3 Å². The van der Waals surface area contributed by atoms with Gasteiger partial charge in [0.1, 0.15) is 0 Å². The second-order valence-electron chi connectivity index (χ2n) is 4.09. The van der Waals surface area contributed by atoms with Crippen molar-refractivity contribution in [3.05, 3.63) is 22.4 Å². The normalized spacial score (nSPS) is 13.7. The van der Waals surface area contributed by atoms with Gasteiger partial charge in [-0.3, -0.25) is 0 Å². The molecule has 6 heteroatoms. The molecule has 5 nitrogen and oxygen atoms in total. The summed E-state index contributed by atoms with van der Waals surface area (Å²) in [6.45, 7) is 4.02. The van der Waals surface area contributed by atoms with Crippen molar-refractivity contribution >= 4 is 23.3 Å². The zero-order chi connectivity index (χ0) is 13.5. The van der Waals surface area contributed by atoms with Gasteiger partial charge >= 0.3 is 6.03 Å². The van der Waals surface area contributed by atoms with E-state index in [2.05, 4.69) is 10.6 Å². The Bertz CT molecular complexity index is 392. The van der Waals surface area contributed by atoms with E-state index in [9.17, 15) is 14.7 Å². The molecule has 0 aliphatic heterocycles. The summed E-state index contributed by atoms with van der Waals surface area (Å²) in [4.78, 5) is 23.5. The van der Waals surface area contributed by atoms with Crippen LogP contribution in [0.1, 0.15) is 25.1 Å². The molecule has 0 bridgehead atoms. The Morgan fingerprint density at radius 1 is 1.50 bits per heavy atom.